The van der Waals surface area contributed by atoms with Crippen LogP contribution in [0, 0.1) is 5.92 Å². The SMILES string of the molecule is COc1ccc(C(=O)N2CCCCC2c2nncn2CC2CC2)cn1. The Balaban J connectivity index is 1.57. The van der Waals surface area contributed by atoms with Crippen LogP contribution >= 0.6 is 0 Å². The van der Waals surface area contributed by atoms with E-state index in [1.165, 1.54) is 12.8 Å². The fourth-order valence-corrected chi connectivity index (χ4v) is 3.48. The molecule has 7 nitrogen and oxygen atoms in total. The fraction of sp³-hybridized carbons (Fsp3) is 0.556. The Morgan fingerprint density at radius 3 is 2.88 bits per heavy atom. The number of carbonyl (C=O) groups is 1. The molecular weight excluding hydrogens is 318 g/mol. The summed E-state index contributed by atoms with van der Waals surface area (Å²) in [7, 11) is 1.57. The second kappa shape index (κ2) is 6.82. The van der Waals surface area contributed by atoms with Gasteiger partial charge < -0.3 is 14.2 Å². The molecule has 2 aliphatic rings. The molecule has 2 aromatic rings. The lowest BCUT2D eigenvalue weighted by Gasteiger charge is -2.35. The minimum atomic E-state index is -0.00963. The number of methoxy groups -OCH3 is 1. The van der Waals surface area contributed by atoms with Crippen LogP contribution in [0.25, 0.3) is 0 Å². The normalized spacial score (nSPS) is 20.5. The number of hydrogen-bond donors (Lipinski definition) is 0. The van der Waals surface area contributed by atoms with Crippen molar-refractivity contribution in [3.05, 3.63) is 36.0 Å². The minimum absolute atomic E-state index is 0.000764. The number of amides is 1. The first-order chi connectivity index (χ1) is 12.3. The van der Waals surface area contributed by atoms with Crippen LogP contribution in [0.2, 0.25) is 0 Å². The summed E-state index contributed by atoms with van der Waals surface area (Å²) in [4.78, 5) is 19.1. The lowest BCUT2D eigenvalue weighted by atomic mass is 10.00. The van der Waals surface area contributed by atoms with Gasteiger partial charge in [-0.2, -0.15) is 0 Å². The van der Waals surface area contributed by atoms with Crippen LogP contribution < -0.4 is 4.74 Å². The average Bonchev–Trinajstić information content (AvgIpc) is 3.36. The Morgan fingerprint density at radius 1 is 1.28 bits per heavy atom. The molecule has 0 radical (unpaired) electrons. The molecule has 25 heavy (non-hydrogen) atoms. The quantitative estimate of drug-likeness (QED) is 0.835. The van der Waals surface area contributed by atoms with Crippen LogP contribution in [-0.4, -0.2) is 44.2 Å². The van der Waals surface area contributed by atoms with Gasteiger partial charge in [0.1, 0.15) is 6.33 Å². The van der Waals surface area contributed by atoms with Crippen molar-refractivity contribution in [2.24, 2.45) is 5.92 Å². The Hall–Kier alpha value is -2.44. The second-order valence-electron chi connectivity index (χ2n) is 6.88. The number of aromatic nitrogens is 4. The maximum Gasteiger partial charge on any atom is 0.256 e. The Labute approximate surface area is 147 Å². The lowest BCUT2D eigenvalue weighted by Crippen LogP contribution is -2.39. The molecule has 1 unspecified atom stereocenters. The fourth-order valence-electron chi connectivity index (χ4n) is 3.48. The zero-order chi connectivity index (χ0) is 17.2. The zero-order valence-corrected chi connectivity index (χ0v) is 14.5. The first kappa shape index (κ1) is 16.1. The van der Waals surface area contributed by atoms with Crippen molar-refractivity contribution in [1.29, 1.82) is 0 Å². The van der Waals surface area contributed by atoms with E-state index in [9.17, 15) is 4.79 Å². The van der Waals surface area contributed by atoms with Crippen LogP contribution in [-0.2, 0) is 6.54 Å². The highest BCUT2D eigenvalue weighted by atomic mass is 16.5. The number of pyridine rings is 1. The van der Waals surface area contributed by atoms with Crippen molar-refractivity contribution in [2.45, 2.75) is 44.7 Å². The van der Waals surface area contributed by atoms with E-state index in [-0.39, 0.29) is 11.9 Å². The van der Waals surface area contributed by atoms with E-state index < -0.39 is 0 Å². The van der Waals surface area contributed by atoms with Gasteiger partial charge in [-0.05, 0) is 44.1 Å². The Morgan fingerprint density at radius 2 is 2.16 bits per heavy atom. The summed E-state index contributed by atoms with van der Waals surface area (Å²) in [5.74, 6) is 2.17. The first-order valence-corrected chi connectivity index (χ1v) is 8.95. The van der Waals surface area contributed by atoms with Gasteiger partial charge in [-0.25, -0.2) is 4.98 Å². The number of piperidine rings is 1. The molecule has 1 saturated carbocycles. The predicted octanol–water partition coefficient (Wildman–Crippen LogP) is 2.46. The number of rotatable bonds is 5. The molecule has 2 aromatic heterocycles. The molecule has 1 amide bonds. The standard InChI is InChI=1S/C18H23N5O2/c1-25-16-8-7-14(10-19-16)18(24)23-9-3-2-4-15(23)17-21-20-12-22(17)11-13-5-6-13/h7-8,10,12-13,15H,2-6,9,11H2,1H3. The van der Waals surface area contributed by atoms with Crippen molar-refractivity contribution in [3.8, 4) is 5.88 Å². The lowest BCUT2D eigenvalue weighted by molar-refractivity contribution is 0.0593. The third-order valence-electron chi connectivity index (χ3n) is 5.05. The minimum Gasteiger partial charge on any atom is -0.481 e. The average molecular weight is 341 g/mol. The third-order valence-corrected chi connectivity index (χ3v) is 5.05. The van der Waals surface area contributed by atoms with Gasteiger partial charge in [0.05, 0.1) is 18.7 Å². The molecule has 1 atom stereocenters. The highest BCUT2D eigenvalue weighted by Gasteiger charge is 2.33. The van der Waals surface area contributed by atoms with E-state index in [0.29, 0.717) is 11.4 Å². The number of likely N-dealkylation sites (tertiary alicyclic amines) is 1. The van der Waals surface area contributed by atoms with E-state index in [0.717, 1.165) is 44.1 Å². The monoisotopic (exact) mass is 341 g/mol. The largest absolute Gasteiger partial charge is 0.481 e. The van der Waals surface area contributed by atoms with Crippen LogP contribution in [0.3, 0.4) is 0 Å². The molecule has 0 N–H and O–H groups in total. The third kappa shape index (κ3) is 3.36. The van der Waals surface area contributed by atoms with E-state index in [1.807, 2.05) is 4.90 Å². The summed E-state index contributed by atoms with van der Waals surface area (Å²) in [6, 6.07) is 3.49. The molecule has 1 saturated heterocycles. The van der Waals surface area contributed by atoms with Gasteiger partial charge >= 0.3 is 0 Å². The Kier molecular flexibility index (Phi) is 4.38. The number of hydrogen-bond acceptors (Lipinski definition) is 5. The summed E-state index contributed by atoms with van der Waals surface area (Å²) in [5, 5.41) is 8.47. The van der Waals surface area contributed by atoms with E-state index in [2.05, 4.69) is 19.7 Å². The van der Waals surface area contributed by atoms with Crippen molar-refractivity contribution >= 4 is 5.91 Å². The summed E-state index contributed by atoms with van der Waals surface area (Å²) in [5.41, 5.74) is 0.584. The van der Waals surface area contributed by atoms with Crippen molar-refractivity contribution in [3.63, 3.8) is 0 Å². The molecule has 0 spiro atoms. The molecule has 4 rings (SSSR count). The van der Waals surface area contributed by atoms with Crippen molar-refractivity contribution in [2.75, 3.05) is 13.7 Å². The molecule has 2 fully saturated rings. The summed E-state index contributed by atoms with van der Waals surface area (Å²) >= 11 is 0. The molecule has 3 heterocycles. The smallest absolute Gasteiger partial charge is 0.256 e. The van der Waals surface area contributed by atoms with E-state index in [4.69, 9.17) is 4.74 Å². The molecule has 132 valence electrons. The van der Waals surface area contributed by atoms with Crippen LogP contribution in [0.5, 0.6) is 5.88 Å². The van der Waals surface area contributed by atoms with Gasteiger partial charge in [0.2, 0.25) is 5.88 Å². The van der Waals surface area contributed by atoms with Crippen LogP contribution in [0.1, 0.15) is 54.3 Å². The number of nitrogens with zero attached hydrogens (tertiary/aromatic N) is 5. The topological polar surface area (TPSA) is 73.1 Å². The molecule has 7 heteroatoms. The molecule has 1 aliphatic carbocycles. The van der Waals surface area contributed by atoms with Gasteiger partial charge in [-0.3, -0.25) is 4.79 Å². The summed E-state index contributed by atoms with van der Waals surface area (Å²) < 4.78 is 7.21. The predicted molar refractivity (Wildman–Crippen MR) is 91.2 cm³/mol. The van der Waals surface area contributed by atoms with Gasteiger partial charge in [-0.1, -0.05) is 0 Å². The zero-order valence-electron chi connectivity index (χ0n) is 14.5. The van der Waals surface area contributed by atoms with Gasteiger partial charge in [0, 0.05) is 25.4 Å². The Bertz CT molecular complexity index is 738. The van der Waals surface area contributed by atoms with E-state index >= 15 is 0 Å². The molecular formula is C18H23N5O2. The summed E-state index contributed by atoms with van der Waals surface area (Å²) in [6.07, 6.45) is 9.00. The summed E-state index contributed by atoms with van der Waals surface area (Å²) in [6.45, 7) is 1.71. The van der Waals surface area contributed by atoms with Crippen LogP contribution in [0.15, 0.2) is 24.7 Å². The molecule has 0 aromatic carbocycles. The first-order valence-electron chi connectivity index (χ1n) is 8.95. The highest BCUT2D eigenvalue weighted by Crippen LogP contribution is 2.34. The van der Waals surface area contributed by atoms with E-state index in [1.54, 1.807) is 31.8 Å². The van der Waals surface area contributed by atoms with Gasteiger partial charge in [-0.15, -0.1) is 10.2 Å². The van der Waals surface area contributed by atoms with Crippen molar-refractivity contribution < 1.29 is 9.53 Å². The number of ether oxygens (including phenoxy) is 1. The maximum absolute atomic E-state index is 13.0. The van der Waals surface area contributed by atoms with Gasteiger partial charge in [0.25, 0.3) is 5.91 Å². The molecule has 1 aliphatic heterocycles. The number of carbonyl (C=O) groups excluding carboxylic acids is 1. The highest BCUT2D eigenvalue weighted by molar-refractivity contribution is 5.94. The second-order valence-corrected chi connectivity index (χ2v) is 6.88. The maximum atomic E-state index is 13.0. The van der Waals surface area contributed by atoms with Gasteiger partial charge in [0.15, 0.2) is 5.82 Å². The van der Waals surface area contributed by atoms with Crippen LogP contribution in [0.4, 0.5) is 0 Å². The molecule has 0 bridgehead atoms. The van der Waals surface area contributed by atoms with Crippen molar-refractivity contribution in [1.82, 2.24) is 24.6 Å².